The Balaban J connectivity index is 1.45. The van der Waals surface area contributed by atoms with Crippen LogP contribution in [0.15, 0.2) is 115 Å². The van der Waals surface area contributed by atoms with E-state index in [0.29, 0.717) is 32.6 Å². The molecule has 0 saturated carbocycles. The van der Waals surface area contributed by atoms with Gasteiger partial charge in [0.2, 0.25) is 0 Å². The van der Waals surface area contributed by atoms with Gasteiger partial charge in [0, 0.05) is 13.0 Å². The van der Waals surface area contributed by atoms with Gasteiger partial charge in [-0.05, 0) is 34.2 Å². The standard InChI is InChI=1S/C34H35NO4/c1-38-33(37)25-32(36)22-21-27-13-11-12-14-28(27)26-39-24-23-35-34(29-15-5-2-6-16-29,30-17-7-3-8-18-30)31-19-9-4-10-20-31/h2-20,35H,21-26H2,1H3. The first kappa shape index (κ1) is 28.0. The Bertz CT molecular complexity index is 1230. The Morgan fingerprint density at radius 3 is 1.69 bits per heavy atom. The van der Waals surface area contributed by atoms with E-state index >= 15 is 0 Å². The van der Waals surface area contributed by atoms with E-state index in [0.717, 1.165) is 27.8 Å². The summed E-state index contributed by atoms with van der Waals surface area (Å²) >= 11 is 0. The van der Waals surface area contributed by atoms with Crippen molar-refractivity contribution in [3.8, 4) is 0 Å². The molecule has 0 aromatic heterocycles. The number of aryl methyl sites for hydroxylation is 1. The first-order valence-electron chi connectivity index (χ1n) is 13.3. The van der Waals surface area contributed by atoms with Crippen molar-refractivity contribution >= 4 is 11.8 Å². The second kappa shape index (κ2) is 14.2. The number of hydrogen-bond donors (Lipinski definition) is 1. The van der Waals surface area contributed by atoms with E-state index in [1.807, 2.05) is 42.5 Å². The fourth-order valence-corrected chi connectivity index (χ4v) is 4.90. The average molecular weight is 522 g/mol. The van der Waals surface area contributed by atoms with Crippen molar-refractivity contribution in [3.63, 3.8) is 0 Å². The molecule has 4 aromatic carbocycles. The second-order valence-electron chi connectivity index (χ2n) is 9.39. The largest absolute Gasteiger partial charge is 0.469 e. The lowest BCUT2D eigenvalue weighted by molar-refractivity contribution is -0.143. The highest BCUT2D eigenvalue weighted by Gasteiger charge is 2.35. The highest BCUT2D eigenvalue weighted by atomic mass is 16.5. The molecule has 0 atom stereocenters. The van der Waals surface area contributed by atoms with Crippen molar-refractivity contribution in [2.75, 3.05) is 20.3 Å². The zero-order valence-electron chi connectivity index (χ0n) is 22.3. The topological polar surface area (TPSA) is 64.6 Å². The van der Waals surface area contributed by atoms with Crippen LogP contribution in [0.2, 0.25) is 0 Å². The molecule has 1 N–H and O–H groups in total. The number of ketones is 1. The predicted octanol–water partition coefficient (Wildman–Crippen LogP) is 5.85. The first-order valence-corrected chi connectivity index (χ1v) is 13.3. The number of esters is 1. The van der Waals surface area contributed by atoms with Crippen LogP contribution in [0, 0.1) is 0 Å². The molecule has 0 spiro atoms. The summed E-state index contributed by atoms with van der Waals surface area (Å²) in [6, 6.07) is 39.4. The second-order valence-corrected chi connectivity index (χ2v) is 9.39. The molecule has 0 aliphatic carbocycles. The summed E-state index contributed by atoms with van der Waals surface area (Å²) in [5.74, 6) is -0.623. The molecule has 0 aliphatic heterocycles. The van der Waals surface area contributed by atoms with Crippen LogP contribution in [0.1, 0.15) is 40.7 Å². The van der Waals surface area contributed by atoms with E-state index in [-0.39, 0.29) is 12.2 Å². The van der Waals surface area contributed by atoms with Crippen LogP contribution in [0.4, 0.5) is 0 Å². The zero-order chi connectivity index (χ0) is 27.3. The molecule has 5 nitrogen and oxygen atoms in total. The van der Waals surface area contributed by atoms with Crippen LogP contribution in [0.3, 0.4) is 0 Å². The third-order valence-corrected chi connectivity index (χ3v) is 6.88. The third-order valence-electron chi connectivity index (χ3n) is 6.88. The van der Waals surface area contributed by atoms with Gasteiger partial charge in [0.25, 0.3) is 0 Å². The minimum Gasteiger partial charge on any atom is -0.469 e. The zero-order valence-corrected chi connectivity index (χ0v) is 22.3. The van der Waals surface area contributed by atoms with Crippen LogP contribution < -0.4 is 5.32 Å². The monoisotopic (exact) mass is 521 g/mol. The molecule has 39 heavy (non-hydrogen) atoms. The summed E-state index contributed by atoms with van der Waals surface area (Å²) < 4.78 is 10.7. The third kappa shape index (κ3) is 7.29. The molecule has 4 aromatic rings. The van der Waals surface area contributed by atoms with Gasteiger partial charge >= 0.3 is 5.97 Å². The van der Waals surface area contributed by atoms with E-state index in [4.69, 9.17) is 4.74 Å². The molecule has 0 saturated heterocycles. The van der Waals surface area contributed by atoms with Gasteiger partial charge in [-0.2, -0.15) is 0 Å². The number of carbonyl (C=O) groups is 2. The lowest BCUT2D eigenvalue weighted by Crippen LogP contribution is -2.46. The lowest BCUT2D eigenvalue weighted by Gasteiger charge is -2.37. The minimum absolute atomic E-state index is 0.124. The SMILES string of the molecule is COC(=O)CC(=O)CCc1ccccc1COCCNC(c1ccccc1)(c1ccccc1)c1ccccc1. The molecule has 0 unspecified atom stereocenters. The normalized spacial score (nSPS) is 11.2. The Labute approximate surface area is 230 Å². The summed E-state index contributed by atoms with van der Waals surface area (Å²) in [6.07, 6.45) is 0.668. The molecular formula is C34H35NO4. The number of benzene rings is 4. The number of nitrogens with one attached hydrogen (secondary N) is 1. The Kier molecular flexibility index (Phi) is 10.2. The van der Waals surface area contributed by atoms with Crippen molar-refractivity contribution in [1.29, 1.82) is 0 Å². The summed E-state index contributed by atoms with van der Waals surface area (Å²) in [4.78, 5) is 23.5. The number of carbonyl (C=O) groups excluding carboxylic acids is 2. The van der Waals surface area contributed by atoms with Crippen LogP contribution >= 0.6 is 0 Å². The number of methoxy groups -OCH3 is 1. The van der Waals surface area contributed by atoms with Gasteiger partial charge in [-0.25, -0.2) is 0 Å². The van der Waals surface area contributed by atoms with E-state index < -0.39 is 11.5 Å². The maximum atomic E-state index is 12.1. The summed E-state index contributed by atoms with van der Waals surface area (Å²) in [5, 5.41) is 3.83. The molecule has 5 heteroatoms. The van der Waals surface area contributed by atoms with Crippen LogP contribution in [0.25, 0.3) is 0 Å². The van der Waals surface area contributed by atoms with E-state index in [1.54, 1.807) is 0 Å². The molecule has 0 aliphatic rings. The van der Waals surface area contributed by atoms with Gasteiger partial charge in [0.1, 0.15) is 12.2 Å². The van der Waals surface area contributed by atoms with Crippen molar-refractivity contribution in [1.82, 2.24) is 5.32 Å². The summed E-state index contributed by atoms with van der Waals surface area (Å²) in [6.45, 7) is 1.57. The Hall–Kier alpha value is -4.06. The maximum absolute atomic E-state index is 12.1. The average Bonchev–Trinajstić information content (AvgIpc) is 3.00. The Morgan fingerprint density at radius 1 is 0.692 bits per heavy atom. The van der Waals surface area contributed by atoms with Gasteiger partial charge in [-0.3, -0.25) is 14.9 Å². The fraction of sp³-hybridized carbons (Fsp3) is 0.235. The van der Waals surface area contributed by atoms with Crippen molar-refractivity contribution in [3.05, 3.63) is 143 Å². The van der Waals surface area contributed by atoms with Crippen molar-refractivity contribution in [2.24, 2.45) is 0 Å². The van der Waals surface area contributed by atoms with Crippen LogP contribution in [0.5, 0.6) is 0 Å². The number of ether oxygens (including phenoxy) is 2. The molecule has 0 heterocycles. The molecule has 0 amide bonds. The van der Waals surface area contributed by atoms with Crippen LogP contribution in [-0.2, 0) is 37.6 Å². The Morgan fingerprint density at radius 2 is 1.18 bits per heavy atom. The highest BCUT2D eigenvalue weighted by molar-refractivity contribution is 5.95. The van der Waals surface area contributed by atoms with Crippen LogP contribution in [-0.4, -0.2) is 32.0 Å². The van der Waals surface area contributed by atoms with Crippen molar-refractivity contribution < 1.29 is 19.1 Å². The molecule has 0 fully saturated rings. The first-order chi connectivity index (χ1) is 19.1. The number of hydrogen-bond acceptors (Lipinski definition) is 5. The smallest absolute Gasteiger partial charge is 0.313 e. The van der Waals surface area contributed by atoms with Gasteiger partial charge in [0.05, 0.1) is 25.9 Å². The molecular weight excluding hydrogens is 486 g/mol. The lowest BCUT2D eigenvalue weighted by atomic mass is 9.77. The van der Waals surface area contributed by atoms with Gasteiger partial charge in [-0.15, -0.1) is 0 Å². The molecule has 0 radical (unpaired) electrons. The van der Waals surface area contributed by atoms with Crippen molar-refractivity contribution in [2.45, 2.75) is 31.4 Å². The van der Waals surface area contributed by atoms with Gasteiger partial charge in [-0.1, -0.05) is 115 Å². The summed E-state index contributed by atoms with van der Waals surface area (Å²) in [5.41, 5.74) is 5.03. The highest BCUT2D eigenvalue weighted by Crippen LogP contribution is 2.36. The van der Waals surface area contributed by atoms with Gasteiger partial charge < -0.3 is 9.47 Å². The number of Topliss-reactive ketones (excluding diaryl/α,β-unsaturated/α-hetero) is 1. The fourth-order valence-electron chi connectivity index (χ4n) is 4.90. The summed E-state index contributed by atoms with van der Waals surface area (Å²) in [7, 11) is 1.29. The van der Waals surface area contributed by atoms with Gasteiger partial charge in [0.15, 0.2) is 0 Å². The molecule has 0 bridgehead atoms. The predicted molar refractivity (Wildman–Crippen MR) is 153 cm³/mol. The van der Waals surface area contributed by atoms with E-state index in [9.17, 15) is 9.59 Å². The maximum Gasteiger partial charge on any atom is 0.313 e. The van der Waals surface area contributed by atoms with E-state index in [2.05, 4.69) is 82.9 Å². The molecule has 4 rings (SSSR count). The minimum atomic E-state index is -0.537. The molecule has 200 valence electrons. The number of rotatable bonds is 14. The van der Waals surface area contributed by atoms with E-state index in [1.165, 1.54) is 7.11 Å². The quantitative estimate of drug-likeness (QED) is 0.0976.